The van der Waals surface area contributed by atoms with Crippen molar-refractivity contribution in [2.75, 3.05) is 13.7 Å². The number of ketones is 1. The van der Waals surface area contributed by atoms with Crippen LogP contribution in [0.3, 0.4) is 0 Å². The van der Waals surface area contributed by atoms with Crippen LogP contribution in [0.2, 0.25) is 0 Å². The van der Waals surface area contributed by atoms with Gasteiger partial charge in [-0.2, -0.15) is 0 Å². The predicted molar refractivity (Wildman–Crippen MR) is 73.2 cm³/mol. The second-order valence-electron chi connectivity index (χ2n) is 5.31. The Bertz CT molecular complexity index is 562. The molecule has 0 radical (unpaired) electrons. The molecule has 1 aromatic heterocycles. The van der Waals surface area contributed by atoms with Crippen LogP contribution in [-0.4, -0.2) is 47.6 Å². The maximum absolute atomic E-state index is 12.3. The molecule has 0 amide bonds. The Morgan fingerprint density at radius 2 is 2.33 bits per heavy atom. The molecule has 4 atom stereocenters. The Morgan fingerprint density at radius 3 is 2.95 bits per heavy atom. The molecule has 1 aromatic rings. The summed E-state index contributed by atoms with van der Waals surface area (Å²) in [5.41, 5.74) is 0.0157. The molecule has 1 unspecified atom stereocenters. The summed E-state index contributed by atoms with van der Waals surface area (Å²) in [6.45, 7) is 2.08. The van der Waals surface area contributed by atoms with E-state index in [0.29, 0.717) is 13.0 Å². The predicted octanol–water partition coefficient (Wildman–Crippen LogP) is 0.860. The number of hydrogen-bond donors (Lipinski definition) is 0. The number of ether oxygens (including phenoxy) is 2. The van der Waals surface area contributed by atoms with Gasteiger partial charge in [0.05, 0.1) is 17.8 Å². The number of piperidine rings is 1. The third kappa shape index (κ3) is 2.06. The van der Waals surface area contributed by atoms with Crippen molar-refractivity contribution in [1.82, 2.24) is 9.88 Å². The first-order chi connectivity index (χ1) is 10.1. The molecule has 112 valence electrons. The number of carbonyl (C=O) groups excluding carboxylic acids is 2. The van der Waals surface area contributed by atoms with E-state index in [1.165, 1.54) is 0 Å². The molecule has 0 N–H and O–H groups in total. The van der Waals surface area contributed by atoms with Crippen LogP contribution in [0, 0.1) is 0 Å². The van der Waals surface area contributed by atoms with Crippen molar-refractivity contribution in [2.24, 2.45) is 0 Å². The lowest BCUT2D eigenvalue weighted by atomic mass is 9.90. The van der Waals surface area contributed by atoms with E-state index in [1.54, 1.807) is 20.2 Å². The third-order valence-electron chi connectivity index (χ3n) is 4.19. The molecule has 2 aliphatic rings. The summed E-state index contributed by atoms with van der Waals surface area (Å²) in [7, 11) is 1.55. The van der Waals surface area contributed by atoms with Gasteiger partial charge < -0.3 is 9.47 Å². The lowest BCUT2D eigenvalue weighted by Crippen LogP contribution is -2.37. The van der Waals surface area contributed by atoms with Crippen molar-refractivity contribution in [3.8, 4) is 0 Å². The normalized spacial score (nSPS) is 34.2. The van der Waals surface area contributed by atoms with Crippen LogP contribution >= 0.6 is 0 Å². The van der Waals surface area contributed by atoms with E-state index in [9.17, 15) is 9.59 Å². The number of Topliss-reactive ketones (excluding diaryl/α,β-unsaturated/α-hetero) is 1. The number of carbonyl (C=O) groups is 2. The minimum atomic E-state index is -0.705. The van der Waals surface area contributed by atoms with E-state index in [2.05, 4.69) is 4.98 Å². The fraction of sp³-hybridized carbons (Fsp3) is 0.533. The maximum atomic E-state index is 12.3. The topological polar surface area (TPSA) is 68.5 Å². The molecule has 0 spiro atoms. The van der Waals surface area contributed by atoms with Crippen LogP contribution in [0.15, 0.2) is 24.4 Å². The van der Waals surface area contributed by atoms with Gasteiger partial charge in [-0.15, -0.1) is 0 Å². The lowest BCUT2D eigenvalue weighted by molar-refractivity contribution is -0.145. The highest BCUT2D eigenvalue weighted by Gasteiger charge is 2.73. The van der Waals surface area contributed by atoms with Crippen LogP contribution in [-0.2, 0) is 24.6 Å². The monoisotopic (exact) mass is 290 g/mol. The Balaban J connectivity index is 2.01. The molecule has 2 aliphatic heterocycles. The van der Waals surface area contributed by atoms with E-state index in [0.717, 1.165) is 5.69 Å². The number of esters is 1. The molecule has 0 bridgehead atoms. The Hall–Kier alpha value is -1.79. The van der Waals surface area contributed by atoms with Crippen LogP contribution < -0.4 is 0 Å². The van der Waals surface area contributed by atoms with Gasteiger partial charge in [0.2, 0.25) is 0 Å². The SMILES string of the molecule is CCOC(=O)[C@@H]1N2[C@@H](OC)CC(=O)C[C@@]12c1ccccn1. The molecule has 2 saturated heterocycles. The van der Waals surface area contributed by atoms with Gasteiger partial charge in [-0.1, -0.05) is 6.07 Å². The van der Waals surface area contributed by atoms with Crippen molar-refractivity contribution >= 4 is 11.8 Å². The quantitative estimate of drug-likeness (QED) is 0.605. The molecular weight excluding hydrogens is 272 g/mol. The molecule has 21 heavy (non-hydrogen) atoms. The molecule has 3 heterocycles. The number of pyridine rings is 1. The van der Waals surface area contributed by atoms with E-state index in [-0.39, 0.29) is 18.2 Å². The summed E-state index contributed by atoms with van der Waals surface area (Å²) in [6, 6.07) is 5.02. The number of rotatable bonds is 4. The van der Waals surface area contributed by atoms with E-state index in [1.807, 2.05) is 23.1 Å². The second kappa shape index (κ2) is 5.20. The molecule has 2 fully saturated rings. The minimum absolute atomic E-state index is 0.0792. The van der Waals surface area contributed by atoms with Crippen LogP contribution in [0.4, 0.5) is 0 Å². The summed E-state index contributed by atoms with van der Waals surface area (Å²) in [6.07, 6.45) is 1.83. The third-order valence-corrected chi connectivity index (χ3v) is 4.19. The first kappa shape index (κ1) is 14.2. The van der Waals surface area contributed by atoms with Crippen LogP contribution in [0.5, 0.6) is 0 Å². The zero-order chi connectivity index (χ0) is 15.0. The second-order valence-corrected chi connectivity index (χ2v) is 5.31. The summed E-state index contributed by atoms with van der Waals surface area (Å²) in [5, 5.41) is 0. The molecule has 0 saturated carbocycles. The fourth-order valence-corrected chi connectivity index (χ4v) is 3.34. The Labute approximate surface area is 123 Å². The van der Waals surface area contributed by atoms with Gasteiger partial charge in [0.15, 0.2) is 0 Å². The van der Waals surface area contributed by atoms with Crippen molar-refractivity contribution < 1.29 is 19.1 Å². The summed E-state index contributed by atoms with van der Waals surface area (Å²) in [5.74, 6) is -0.240. The van der Waals surface area contributed by atoms with Gasteiger partial charge in [0.1, 0.15) is 18.1 Å². The van der Waals surface area contributed by atoms with Gasteiger partial charge in [0.25, 0.3) is 0 Å². The highest BCUT2D eigenvalue weighted by Crippen LogP contribution is 2.57. The number of methoxy groups -OCH3 is 1. The number of aromatic nitrogens is 1. The molecule has 6 nitrogen and oxygen atoms in total. The minimum Gasteiger partial charge on any atom is -0.465 e. The highest BCUT2D eigenvalue weighted by atomic mass is 16.5. The Kier molecular flexibility index (Phi) is 3.51. The molecule has 0 aromatic carbocycles. The first-order valence-corrected chi connectivity index (χ1v) is 7.06. The van der Waals surface area contributed by atoms with Crippen LogP contribution in [0.25, 0.3) is 0 Å². The van der Waals surface area contributed by atoms with Gasteiger partial charge in [-0.05, 0) is 19.1 Å². The maximum Gasteiger partial charge on any atom is 0.325 e. The number of hydrogen-bond acceptors (Lipinski definition) is 6. The van der Waals surface area contributed by atoms with Crippen molar-refractivity contribution in [2.45, 2.75) is 37.6 Å². The number of fused-ring (bicyclic) bond motifs is 1. The lowest BCUT2D eigenvalue weighted by Gasteiger charge is -2.27. The van der Waals surface area contributed by atoms with Gasteiger partial charge in [-0.25, -0.2) is 4.90 Å². The molecule has 3 rings (SSSR count). The van der Waals surface area contributed by atoms with E-state index < -0.39 is 17.8 Å². The summed E-state index contributed by atoms with van der Waals surface area (Å²) >= 11 is 0. The van der Waals surface area contributed by atoms with Gasteiger partial charge >= 0.3 is 5.97 Å². The zero-order valence-corrected chi connectivity index (χ0v) is 12.1. The molecule has 6 heteroatoms. The fourth-order valence-electron chi connectivity index (χ4n) is 3.34. The van der Waals surface area contributed by atoms with Gasteiger partial charge in [-0.3, -0.25) is 14.6 Å². The van der Waals surface area contributed by atoms with E-state index >= 15 is 0 Å². The largest absolute Gasteiger partial charge is 0.465 e. The summed E-state index contributed by atoms with van der Waals surface area (Å²) < 4.78 is 10.5. The standard InChI is InChI=1S/C15H18N2O4/c1-3-21-14(19)13-15(11-6-4-5-7-16-11)9-10(18)8-12(20-2)17(13)15/h4-7,12-13H,3,8-9H2,1-2H3/t12-,13-,15+,17?/m0/s1. The first-order valence-electron chi connectivity index (χ1n) is 7.06. The van der Waals surface area contributed by atoms with Crippen LogP contribution in [0.1, 0.15) is 25.5 Å². The Morgan fingerprint density at radius 1 is 1.52 bits per heavy atom. The molecule has 0 aliphatic carbocycles. The van der Waals surface area contributed by atoms with Crippen molar-refractivity contribution in [3.63, 3.8) is 0 Å². The summed E-state index contributed by atoms with van der Waals surface area (Å²) in [4.78, 5) is 30.6. The number of nitrogens with zero attached hydrogens (tertiary/aromatic N) is 2. The smallest absolute Gasteiger partial charge is 0.325 e. The highest BCUT2D eigenvalue weighted by molar-refractivity contribution is 5.89. The molecular formula is C15H18N2O4. The van der Waals surface area contributed by atoms with Crippen molar-refractivity contribution in [3.05, 3.63) is 30.1 Å². The van der Waals surface area contributed by atoms with E-state index in [4.69, 9.17) is 9.47 Å². The average Bonchev–Trinajstić information content (AvgIpc) is 3.17. The van der Waals surface area contributed by atoms with Gasteiger partial charge in [0, 0.05) is 26.1 Å². The average molecular weight is 290 g/mol. The zero-order valence-electron chi connectivity index (χ0n) is 12.1. The van der Waals surface area contributed by atoms with Crippen molar-refractivity contribution in [1.29, 1.82) is 0 Å².